The van der Waals surface area contributed by atoms with Crippen LogP contribution in [0.15, 0.2) is 47.5 Å². The summed E-state index contributed by atoms with van der Waals surface area (Å²) in [6.45, 7) is 2.05. The number of amides is 1. The molecule has 0 bridgehead atoms. The van der Waals surface area contributed by atoms with Gasteiger partial charge in [-0.25, -0.2) is 0 Å². The van der Waals surface area contributed by atoms with Gasteiger partial charge in [0.2, 0.25) is 0 Å². The molecule has 1 saturated heterocycles. The van der Waals surface area contributed by atoms with Gasteiger partial charge in [-0.1, -0.05) is 29.8 Å². The van der Waals surface area contributed by atoms with Crippen molar-refractivity contribution in [3.8, 4) is 0 Å². The lowest BCUT2D eigenvalue weighted by Crippen LogP contribution is -2.46. The zero-order valence-corrected chi connectivity index (χ0v) is 17.6. The number of hydrogen-bond donors (Lipinski definition) is 1. The van der Waals surface area contributed by atoms with Crippen LogP contribution in [0.2, 0.25) is 5.02 Å². The largest absolute Gasteiger partial charge is 0.381 e. The molecular weight excluding hydrogens is 386 g/mol. The lowest BCUT2D eigenvalue weighted by atomic mass is 9.71. The van der Waals surface area contributed by atoms with E-state index in [1.54, 1.807) is 19.0 Å². The first kappa shape index (κ1) is 19.9. The molecule has 1 fully saturated rings. The Bertz CT molecular complexity index is 949. The minimum atomic E-state index is -0.0447. The Hall–Kier alpha value is -2.37. The summed E-state index contributed by atoms with van der Waals surface area (Å²) in [5.41, 5.74) is 3.91. The van der Waals surface area contributed by atoms with Gasteiger partial charge in [-0.05, 0) is 54.7 Å². The second kappa shape index (κ2) is 8.17. The van der Waals surface area contributed by atoms with Crippen LogP contribution in [0.1, 0.15) is 34.3 Å². The number of hydrogen-bond acceptors (Lipinski definition) is 3. The Morgan fingerprint density at radius 2 is 2.00 bits per heavy atom. The number of nitrogens with one attached hydrogen (secondary N) is 1. The lowest BCUT2D eigenvalue weighted by molar-refractivity contribution is 0.0448. The van der Waals surface area contributed by atoms with Crippen LogP contribution in [-0.4, -0.2) is 44.0 Å². The van der Waals surface area contributed by atoms with Crippen molar-refractivity contribution in [1.29, 1.82) is 0 Å². The maximum Gasteiger partial charge on any atom is 0.253 e. The van der Waals surface area contributed by atoms with E-state index in [0.717, 1.165) is 54.6 Å². The molecule has 5 nitrogen and oxygen atoms in total. The van der Waals surface area contributed by atoms with Gasteiger partial charge in [0, 0.05) is 49.0 Å². The number of rotatable bonds is 3. The summed E-state index contributed by atoms with van der Waals surface area (Å²) in [5.74, 6) is 0.987. The first-order valence-corrected chi connectivity index (χ1v) is 10.3. The minimum Gasteiger partial charge on any atom is -0.381 e. The highest BCUT2D eigenvalue weighted by Gasteiger charge is 2.41. The molecule has 2 aliphatic heterocycles. The molecule has 1 spiro atoms. The number of amidine groups is 1. The number of nitrogens with zero attached hydrogens (tertiary/aromatic N) is 2. The highest BCUT2D eigenvalue weighted by Crippen LogP contribution is 2.42. The van der Waals surface area contributed by atoms with Crippen molar-refractivity contribution >= 4 is 29.0 Å². The number of benzene rings is 2. The van der Waals surface area contributed by atoms with Gasteiger partial charge >= 0.3 is 0 Å². The molecule has 0 aromatic heterocycles. The first-order chi connectivity index (χ1) is 14.0. The molecule has 0 atom stereocenters. The summed E-state index contributed by atoms with van der Waals surface area (Å²) < 4.78 is 5.64. The van der Waals surface area contributed by atoms with Crippen molar-refractivity contribution in [2.24, 2.45) is 10.4 Å². The third-order valence-corrected chi connectivity index (χ3v) is 6.04. The van der Waals surface area contributed by atoms with Crippen LogP contribution in [-0.2, 0) is 17.7 Å². The average molecular weight is 412 g/mol. The van der Waals surface area contributed by atoms with Crippen molar-refractivity contribution in [1.82, 2.24) is 4.90 Å². The van der Waals surface area contributed by atoms with Gasteiger partial charge in [-0.3, -0.25) is 9.79 Å². The predicted octanol–water partition coefficient (Wildman–Crippen LogP) is 4.41. The molecule has 0 unspecified atom stereocenters. The quantitative estimate of drug-likeness (QED) is 0.814. The average Bonchev–Trinajstić information content (AvgIpc) is 2.72. The molecule has 2 aliphatic rings. The topological polar surface area (TPSA) is 53.9 Å². The molecule has 152 valence electrons. The van der Waals surface area contributed by atoms with E-state index in [1.807, 2.05) is 36.4 Å². The van der Waals surface area contributed by atoms with Gasteiger partial charge in [0.1, 0.15) is 5.84 Å². The summed E-state index contributed by atoms with van der Waals surface area (Å²) in [6.07, 6.45) is 2.78. The number of ether oxygens (including phenoxy) is 1. The molecule has 1 amide bonds. The van der Waals surface area contributed by atoms with Crippen LogP contribution in [0, 0.1) is 5.41 Å². The highest BCUT2D eigenvalue weighted by molar-refractivity contribution is 6.30. The van der Waals surface area contributed by atoms with Gasteiger partial charge in [-0.15, -0.1) is 0 Å². The number of anilines is 1. The Kier molecular flexibility index (Phi) is 5.61. The third-order valence-electron chi connectivity index (χ3n) is 5.81. The van der Waals surface area contributed by atoms with Gasteiger partial charge in [0.25, 0.3) is 5.91 Å². The van der Waals surface area contributed by atoms with Crippen LogP contribution < -0.4 is 5.32 Å². The van der Waals surface area contributed by atoms with Crippen LogP contribution in [0.3, 0.4) is 0 Å². The second-order valence-electron chi connectivity index (χ2n) is 8.06. The number of aliphatic imine (C=N–C) groups is 1. The summed E-state index contributed by atoms with van der Waals surface area (Å²) in [5, 5.41) is 4.29. The van der Waals surface area contributed by atoms with Gasteiger partial charge in [0.15, 0.2) is 0 Å². The maximum absolute atomic E-state index is 12.4. The summed E-state index contributed by atoms with van der Waals surface area (Å²) in [6, 6.07) is 13.7. The number of halogens is 1. The van der Waals surface area contributed by atoms with Crippen LogP contribution in [0.25, 0.3) is 0 Å². The van der Waals surface area contributed by atoms with E-state index in [4.69, 9.17) is 21.3 Å². The van der Waals surface area contributed by atoms with Crippen LogP contribution >= 0.6 is 11.6 Å². The Morgan fingerprint density at radius 1 is 1.21 bits per heavy atom. The van der Waals surface area contributed by atoms with E-state index < -0.39 is 0 Å². The van der Waals surface area contributed by atoms with Crippen molar-refractivity contribution in [2.45, 2.75) is 25.8 Å². The van der Waals surface area contributed by atoms with E-state index in [-0.39, 0.29) is 11.3 Å². The van der Waals surface area contributed by atoms with Gasteiger partial charge in [-0.2, -0.15) is 0 Å². The van der Waals surface area contributed by atoms with E-state index in [2.05, 4.69) is 11.4 Å². The molecule has 0 aliphatic carbocycles. The number of carbonyl (C=O) groups excluding carboxylic acids is 1. The van der Waals surface area contributed by atoms with Crippen molar-refractivity contribution in [3.05, 3.63) is 64.2 Å². The number of carbonyl (C=O) groups is 1. The molecule has 2 aromatic carbocycles. The van der Waals surface area contributed by atoms with E-state index in [0.29, 0.717) is 12.1 Å². The standard InChI is InChI=1S/C23H26ClN3O2/c1-27(2)21(28)17-6-7-18-14-23(8-10-29-11-9-23)22(26-20(18)13-17)25-15-16-4-3-5-19(24)12-16/h3-7,12-13H,8-11,14-15H2,1-2H3,(H,25,26). The smallest absolute Gasteiger partial charge is 0.253 e. The Labute approximate surface area is 176 Å². The second-order valence-corrected chi connectivity index (χ2v) is 8.50. The van der Waals surface area contributed by atoms with Gasteiger partial charge in [0.05, 0.1) is 6.54 Å². The molecule has 2 aromatic rings. The van der Waals surface area contributed by atoms with E-state index >= 15 is 0 Å². The SMILES string of the molecule is CN(C)C(=O)c1ccc2c(c1)NC(=NCc1cccc(Cl)c1)C1(CCOCC1)C2. The fourth-order valence-corrected chi connectivity index (χ4v) is 4.35. The van der Waals surface area contributed by atoms with E-state index in [9.17, 15) is 4.79 Å². The highest BCUT2D eigenvalue weighted by atomic mass is 35.5. The fourth-order valence-electron chi connectivity index (χ4n) is 4.14. The minimum absolute atomic E-state index is 0.00151. The first-order valence-electron chi connectivity index (χ1n) is 9.96. The Balaban J connectivity index is 1.68. The molecule has 29 heavy (non-hydrogen) atoms. The molecule has 0 saturated carbocycles. The summed E-state index contributed by atoms with van der Waals surface area (Å²) in [7, 11) is 3.54. The monoisotopic (exact) mass is 411 g/mol. The van der Waals surface area contributed by atoms with Crippen molar-refractivity contribution in [2.75, 3.05) is 32.6 Å². The molecule has 4 rings (SSSR count). The fraction of sp³-hybridized carbons (Fsp3) is 0.391. The molecular formula is C23H26ClN3O2. The van der Waals surface area contributed by atoms with Crippen molar-refractivity contribution < 1.29 is 9.53 Å². The Morgan fingerprint density at radius 3 is 2.72 bits per heavy atom. The summed E-state index contributed by atoms with van der Waals surface area (Å²) >= 11 is 6.13. The molecule has 6 heteroatoms. The number of fused-ring (bicyclic) bond motifs is 1. The molecule has 0 radical (unpaired) electrons. The molecule has 2 heterocycles. The van der Waals surface area contributed by atoms with E-state index in [1.165, 1.54) is 5.56 Å². The van der Waals surface area contributed by atoms with Crippen molar-refractivity contribution in [3.63, 3.8) is 0 Å². The maximum atomic E-state index is 12.4. The lowest BCUT2D eigenvalue weighted by Gasteiger charge is -2.42. The zero-order chi connectivity index (χ0) is 20.4. The van der Waals surface area contributed by atoms with Crippen LogP contribution in [0.5, 0.6) is 0 Å². The van der Waals surface area contributed by atoms with Crippen LogP contribution in [0.4, 0.5) is 5.69 Å². The van der Waals surface area contributed by atoms with Gasteiger partial charge < -0.3 is 15.0 Å². The predicted molar refractivity (Wildman–Crippen MR) is 117 cm³/mol. The summed E-state index contributed by atoms with van der Waals surface area (Å²) in [4.78, 5) is 19.0. The zero-order valence-electron chi connectivity index (χ0n) is 16.9. The normalized spacial score (nSPS) is 18.9. The molecule has 1 N–H and O–H groups in total. The third kappa shape index (κ3) is 4.16.